The monoisotopic (exact) mass is 642 g/mol. The summed E-state index contributed by atoms with van der Waals surface area (Å²) in [6.45, 7) is 15.6. The Hall–Kier alpha value is -0.560. The number of ether oxygens (including phenoxy) is 12. The fourth-order valence-corrected chi connectivity index (χ4v) is 3.71. The molecule has 1 fully saturated rings. The molecule has 1 heterocycles. The van der Waals surface area contributed by atoms with E-state index >= 15 is 0 Å². The molecule has 0 bridgehead atoms. The zero-order chi connectivity index (χ0) is 31.3. The Kier molecular flexibility index (Phi) is 34.8. The molecule has 1 aliphatic heterocycles. The summed E-state index contributed by atoms with van der Waals surface area (Å²) < 4.78 is 65.9. The quantitative estimate of drug-likeness (QED) is 0.0891. The Labute approximate surface area is 265 Å². The lowest BCUT2D eigenvalue weighted by molar-refractivity contribution is -0.0326. The highest BCUT2D eigenvalue weighted by Gasteiger charge is 2.12. The van der Waals surface area contributed by atoms with E-state index in [-0.39, 0.29) is 0 Å². The number of hydrogen-bond acceptors (Lipinski definition) is 14. The number of likely N-dealkylation sites (N-methyl/N-ethyl adjacent to an activating group) is 1. The van der Waals surface area contributed by atoms with Crippen LogP contribution in [-0.4, -0.2) is 185 Å². The molecule has 1 saturated heterocycles. The lowest BCUT2D eigenvalue weighted by Gasteiger charge is -2.22. The molecule has 0 saturated carbocycles. The highest BCUT2D eigenvalue weighted by atomic mass is 16.6. The Morgan fingerprint density at radius 1 is 0.386 bits per heavy atom. The first-order valence-corrected chi connectivity index (χ1v) is 16.3. The fraction of sp³-hybridized carbons (Fsp3) is 1.00. The van der Waals surface area contributed by atoms with Crippen molar-refractivity contribution in [3.63, 3.8) is 0 Å². The average molecular weight is 643 g/mol. The summed E-state index contributed by atoms with van der Waals surface area (Å²) in [7, 11) is 1.90. The standard InChI is InChI=1S/C30H62N2O12/c1-31-6-7-33-8-9-34-10-11-35-12-13-36-14-15-37-16-17-38-18-19-39-20-21-40-22-23-41-24-25-42-26-27-43-28-29-44-30-2-4-32-5-3-30/h30-32H,2-29H2,1H3. The van der Waals surface area contributed by atoms with E-state index in [9.17, 15) is 0 Å². The number of hydrogen-bond donors (Lipinski definition) is 2. The molecule has 14 nitrogen and oxygen atoms in total. The van der Waals surface area contributed by atoms with Crippen LogP contribution in [0.2, 0.25) is 0 Å². The Morgan fingerprint density at radius 3 is 0.909 bits per heavy atom. The fourth-order valence-electron chi connectivity index (χ4n) is 3.71. The average Bonchev–Trinajstić information content (AvgIpc) is 3.05. The van der Waals surface area contributed by atoms with Crippen LogP contribution in [0, 0.1) is 0 Å². The number of nitrogens with one attached hydrogen (secondary N) is 2. The smallest absolute Gasteiger partial charge is 0.0704 e. The van der Waals surface area contributed by atoms with Gasteiger partial charge in [-0.3, -0.25) is 0 Å². The first-order chi connectivity index (χ1) is 21.9. The van der Waals surface area contributed by atoms with Crippen LogP contribution in [0.4, 0.5) is 0 Å². The largest absolute Gasteiger partial charge is 0.378 e. The lowest BCUT2D eigenvalue weighted by Crippen LogP contribution is -2.33. The summed E-state index contributed by atoms with van der Waals surface area (Å²) in [4.78, 5) is 0. The molecule has 0 spiro atoms. The maximum atomic E-state index is 5.79. The van der Waals surface area contributed by atoms with Crippen LogP contribution < -0.4 is 10.6 Å². The minimum atomic E-state index is 0.373. The highest BCUT2D eigenvalue weighted by Crippen LogP contribution is 2.06. The van der Waals surface area contributed by atoms with E-state index in [4.69, 9.17) is 56.8 Å². The van der Waals surface area contributed by atoms with Gasteiger partial charge < -0.3 is 67.5 Å². The third kappa shape index (κ3) is 32.8. The van der Waals surface area contributed by atoms with Crippen molar-refractivity contribution in [2.24, 2.45) is 0 Å². The molecule has 0 aromatic carbocycles. The van der Waals surface area contributed by atoms with Gasteiger partial charge in [0, 0.05) is 6.54 Å². The molecule has 0 amide bonds. The zero-order valence-corrected chi connectivity index (χ0v) is 27.3. The summed E-state index contributed by atoms with van der Waals surface area (Å²) in [5.41, 5.74) is 0. The molecule has 0 aliphatic carbocycles. The third-order valence-electron chi connectivity index (χ3n) is 6.08. The molecular formula is C30H62N2O12. The van der Waals surface area contributed by atoms with Gasteiger partial charge in [0.05, 0.1) is 158 Å². The second-order valence-corrected chi connectivity index (χ2v) is 9.66. The topological polar surface area (TPSA) is 135 Å². The molecule has 1 aliphatic rings. The summed E-state index contributed by atoms with van der Waals surface area (Å²) in [6.07, 6.45) is 2.54. The highest BCUT2D eigenvalue weighted by molar-refractivity contribution is 4.67. The van der Waals surface area contributed by atoms with Gasteiger partial charge in [-0.25, -0.2) is 0 Å². The SMILES string of the molecule is CNCCOCCOCCOCCOCCOCCOCCOCCOCCOCCOCCOCCOC1CCNCC1. The Morgan fingerprint density at radius 2 is 0.636 bits per heavy atom. The van der Waals surface area contributed by atoms with E-state index in [1.807, 2.05) is 7.05 Å². The second-order valence-electron chi connectivity index (χ2n) is 9.66. The van der Waals surface area contributed by atoms with Crippen molar-refractivity contribution >= 4 is 0 Å². The van der Waals surface area contributed by atoms with Gasteiger partial charge in [-0.05, 0) is 33.0 Å². The van der Waals surface area contributed by atoms with E-state index in [0.29, 0.717) is 158 Å². The van der Waals surface area contributed by atoms with Crippen molar-refractivity contribution in [2.75, 3.05) is 179 Å². The van der Waals surface area contributed by atoms with E-state index in [0.717, 1.165) is 32.5 Å². The van der Waals surface area contributed by atoms with Crippen LogP contribution in [0.3, 0.4) is 0 Å². The predicted octanol–water partition coefficient (Wildman–Crippen LogP) is 0.157. The first kappa shape index (κ1) is 41.5. The maximum absolute atomic E-state index is 5.79. The van der Waals surface area contributed by atoms with E-state index in [1.54, 1.807) is 0 Å². The molecule has 2 N–H and O–H groups in total. The molecule has 0 aromatic rings. The van der Waals surface area contributed by atoms with Crippen LogP contribution in [0.1, 0.15) is 12.8 Å². The summed E-state index contributed by atoms with van der Waals surface area (Å²) >= 11 is 0. The van der Waals surface area contributed by atoms with Gasteiger partial charge >= 0.3 is 0 Å². The number of piperidine rings is 1. The first-order valence-electron chi connectivity index (χ1n) is 16.3. The van der Waals surface area contributed by atoms with Crippen LogP contribution in [0.15, 0.2) is 0 Å². The number of rotatable bonds is 37. The van der Waals surface area contributed by atoms with Crippen molar-refractivity contribution in [1.82, 2.24) is 10.6 Å². The minimum absolute atomic E-state index is 0.373. The summed E-state index contributed by atoms with van der Waals surface area (Å²) in [6, 6.07) is 0. The van der Waals surface area contributed by atoms with Crippen LogP contribution in [0.25, 0.3) is 0 Å². The molecule has 0 aromatic heterocycles. The molecule has 14 heteroatoms. The van der Waals surface area contributed by atoms with Crippen LogP contribution in [0.5, 0.6) is 0 Å². The normalized spacial score (nSPS) is 14.1. The van der Waals surface area contributed by atoms with Crippen molar-refractivity contribution in [1.29, 1.82) is 0 Å². The van der Waals surface area contributed by atoms with E-state index in [1.165, 1.54) is 0 Å². The van der Waals surface area contributed by atoms with Crippen molar-refractivity contribution in [2.45, 2.75) is 18.9 Å². The van der Waals surface area contributed by atoms with Crippen molar-refractivity contribution in [3.05, 3.63) is 0 Å². The Balaban J connectivity index is 1.60. The molecular weight excluding hydrogens is 580 g/mol. The molecule has 264 valence electrons. The zero-order valence-electron chi connectivity index (χ0n) is 27.3. The van der Waals surface area contributed by atoms with Gasteiger partial charge in [-0.1, -0.05) is 0 Å². The summed E-state index contributed by atoms with van der Waals surface area (Å²) in [5, 5.41) is 6.35. The van der Waals surface area contributed by atoms with Gasteiger partial charge in [0.15, 0.2) is 0 Å². The van der Waals surface area contributed by atoms with E-state index in [2.05, 4.69) is 10.6 Å². The van der Waals surface area contributed by atoms with Gasteiger partial charge in [0.1, 0.15) is 0 Å². The van der Waals surface area contributed by atoms with Crippen LogP contribution in [-0.2, 0) is 56.8 Å². The lowest BCUT2D eigenvalue weighted by atomic mass is 10.1. The van der Waals surface area contributed by atoms with Crippen molar-refractivity contribution < 1.29 is 56.8 Å². The van der Waals surface area contributed by atoms with Gasteiger partial charge in [-0.2, -0.15) is 0 Å². The molecule has 0 unspecified atom stereocenters. The van der Waals surface area contributed by atoms with Gasteiger partial charge in [0.25, 0.3) is 0 Å². The maximum Gasteiger partial charge on any atom is 0.0704 e. The Bertz CT molecular complexity index is 536. The van der Waals surface area contributed by atoms with E-state index < -0.39 is 0 Å². The molecule has 0 atom stereocenters. The predicted molar refractivity (Wildman–Crippen MR) is 165 cm³/mol. The van der Waals surface area contributed by atoms with Gasteiger partial charge in [0.2, 0.25) is 0 Å². The van der Waals surface area contributed by atoms with Crippen molar-refractivity contribution in [3.8, 4) is 0 Å². The molecule has 44 heavy (non-hydrogen) atoms. The van der Waals surface area contributed by atoms with Gasteiger partial charge in [-0.15, -0.1) is 0 Å². The van der Waals surface area contributed by atoms with Crippen LogP contribution >= 0.6 is 0 Å². The summed E-state index contributed by atoms with van der Waals surface area (Å²) in [5.74, 6) is 0. The molecule has 0 radical (unpaired) electrons. The molecule has 1 rings (SSSR count). The third-order valence-corrected chi connectivity index (χ3v) is 6.08. The minimum Gasteiger partial charge on any atom is -0.378 e. The second kappa shape index (κ2) is 36.9.